The van der Waals surface area contributed by atoms with Crippen molar-refractivity contribution in [2.75, 3.05) is 11.9 Å². The van der Waals surface area contributed by atoms with Crippen molar-refractivity contribution in [3.05, 3.63) is 58.7 Å². The number of anilines is 1. The fourth-order valence-electron chi connectivity index (χ4n) is 1.74. The summed E-state index contributed by atoms with van der Waals surface area (Å²) in [6, 6.07) is 11.2. The molecule has 1 amide bonds. The predicted octanol–water partition coefficient (Wildman–Crippen LogP) is 4.28. The Morgan fingerprint density at radius 3 is 2.86 bits per heavy atom. The highest BCUT2D eigenvalue weighted by Gasteiger charge is 2.02. The van der Waals surface area contributed by atoms with Gasteiger partial charge in [0.2, 0.25) is 5.91 Å². The summed E-state index contributed by atoms with van der Waals surface area (Å²) < 4.78 is 6.51. The molecule has 0 fully saturated rings. The number of hydrogen-bond donors (Lipinski definition) is 1. The first kappa shape index (κ1) is 16.2. The van der Waals surface area contributed by atoms with E-state index in [1.807, 2.05) is 30.3 Å². The van der Waals surface area contributed by atoms with Gasteiger partial charge >= 0.3 is 0 Å². The molecule has 0 unspecified atom stereocenters. The molecule has 0 aliphatic heterocycles. The molecule has 1 heterocycles. The van der Waals surface area contributed by atoms with Gasteiger partial charge < -0.3 is 10.1 Å². The number of ether oxygens (including phenoxy) is 1. The number of aromatic nitrogens is 1. The minimum absolute atomic E-state index is 0.236. The number of rotatable bonds is 6. The SMILES string of the molecule is CCCOc1ccccc1/C=C/C(=O)Nc1ccc(Br)cn1. The second kappa shape index (κ2) is 8.34. The zero-order valence-electron chi connectivity index (χ0n) is 12.3. The van der Waals surface area contributed by atoms with E-state index in [1.54, 1.807) is 18.3 Å². The van der Waals surface area contributed by atoms with Crippen molar-refractivity contribution in [3.8, 4) is 5.75 Å². The minimum Gasteiger partial charge on any atom is -0.493 e. The Bertz CT molecular complexity index is 654. The van der Waals surface area contributed by atoms with Crippen LogP contribution in [0.15, 0.2) is 53.1 Å². The zero-order valence-corrected chi connectivity index (χ0v) is 13.8. The molecule has 114 valence electrons. The summed E-state index contributed by atoms with van der Waals surface area (Å²) in [7, 11) is 0. The van der Waals surface area contributed by atoms with Crippen LogP contribution in [0.5, 0.6) is 5.75 Å². The van der Waals surface area contributed by atoms with Crippen LogP contribution < -0.4 is 10.1 Å². The standard InChI is InChI=1S/C17H17BrN2O2/c1-2-11-22-15-6-4-3-5-13(15)7-10-17(21)20-16-9-8-14(18)12-19-16/h3-10,12H,2,11H2,1H3,(H,19,20,21)/b10-7+. The fraction of sp³-hybridized carbons (Fsp3) is 0.176. The topological polar surface area (TPSA) is 51.2 Å². The van der Waals surface area contributed by atoms with Crippen molar-refractivity contribution in [2.45, 2.75) is 13.3 Å². The van der Waals surface area contributed by atoms with E-state index in [0.29, 0.717) is 12.4 Å². The van der Waals surface area contributed by atoms with Crippen LogP contribution in [-0.2, 0) is 4.79 Å². The van der Waals surface area contributed by atoms with Crippen LogP contribution in [0.1, 0.15) is 18.9 Å². The molecule has 5 heteroatoms. The van der Waals surface area contributed by atoms with Crippen LogP contribution in [0.2, 0.25) is 0 Å². The summed E-state index contributed by atoms with van der Waals surface area (Å²) in [4.78, 5) is 16.0. The van der Waals surface area contributed by atoms with Crippen LogP contribution in [0, 0.1) is 0 Å². The summed E-state index contributed by atoms with van der Waals surface area (Å²) in [6.45, 7) is 2.71. The highest BCUT2D eigenvalue weighted by Crippen LogP contribution is 2.19. The molecule has 0 radical (unpaired) electrons. The maximum atomic E-state index is 11.9. The van der Waals surface area contributed by atoms with Crippen LogP contribution in [-0.4, -0.2) is 17.5 Å². The number of nitrogens with zero attached hydrogens (tertiary/aromatic N) is 1. The quantitative estimate of drug-likeness (QED) is 0.782. The molecule has 22 heavy (non-hydrogen) atoms. The van der Waals surface area contributed by atoms with Crippen molar-refractivity contribution >= 4 is 33.7 Å². The van der Waals surface area contributed by atoms with E-state index in [0.717, 1.165) is 22.2 Å². The molecule has 0 bridgehead atoms. The molecular formula is C17H17BrN2O2. The van der Waals surface area contributed by atoms with E-state index in [-0.39, 0.29) is 5.91 Å². The van der Waals surface area contributed by atoms with Crippen molar-refractivity contribution in [1.29, 1.82) is 0 Å². The van der Waals surface area contributed by atoms with Crippen molar-refractivity contribution in [1.82, 2.24) is 4.98 Å². The summed E-state index contributed by atoms with van der Waals surface area (Å²) in [5, 5.41) is 2.70. The third-order valence-electron chi connectivity index (χ3n) is 2.77. The van der Waals surface area contributed by atoms with Crippen LogP contribution in [0.3, 0.4) is 0 Å². The normalized spacial score (nSPS) is 10.6. The minimum atomic E-state index is -0.236. The van der Waals surface area contributed by atoms with E-state index in [4.69, 9.17) is 4.74 Å². The average molecular weight is 361 g/mol. The molecule has 0 saturated carbocycles. The lowest BCUT2D eigenvalue weighted by Crippen LogP contribution is -2.08. The molecule has 1 aromatic heterocycles. The first-order valence-electron chi connectivity index (χ1n) is 7.01. The van der Waals surface area contributed by atoms with Gasteiger partial charge in [-0.1, -0.05) is 25.1 Å². The monoisotopic (exact) mass is 360 g/mol. The van der Waals surface area contributed by atoms with E-state index in [1.165, 1.54) is 6.08 Å². The Labute approximate surface area is 138 Å². The third kappa shape index (κ3) is 5.00. The van der Waals surface area contributed by atoms with Gasteiger partial charge in [0.25, 0.3) is 0 Å². The first-order valence-corrected chi connectivity index (χ1v) is 7.81. The van der Waals surface area contributed by atoms with E-state index in [9.17, 15) is 4.79 Å². The van der Waals surface area contributed by atoms with Gasteiger partial charge in [0.1, 0.15) is 11.6 Å². The Morgan fingerprint density at radius 2 is 2.14 bits per heavy atom. The number of para-hydroxylation sites is 1. The number of hydrogen-bond acceptors (Lipinski definition) is 3. The average Bonchev–Trinajstić information content (AvgIpc) is 2.54. The Hall–Kier alpha value is -2.14. The largest absolute Gasteiger partial charge is 0.493 e. The number of benzene rings is 1. The summed E-state index contributed by atoms with van der Waals surface area (Å²) >= 11 is 3.30. The molecular weight excluding hydrogens is 344 g/mol. The van der Waals surface area contributed by atoms with Crippen LogP contribution in [0.25, 0.3) is 6.08 Å². The third-order valence-corrected chi connectivity index (χ3v) is 3.24. The molecule has 0 saturated heterocycles. The molecule has 0 aliphatic rings. The van der Waals surface area contributed by atoms with Crippen molar-refractivity contribution in [2.24, 2.45) is 0 Å². The Kier molecular flexibility index (Phi) is 6.15. The lowest BCUT2D eigenvalue weighted by Gasteiger charge is -2.07. The Morgan fingerprint density at radius 1 is 1.32 bits per heavy atom. The lowest BCUT2D eigenvalue weighted by molar-refractivity contribution is -0.111. The number of carbonyl (C=O) groups is 1. The van der Waals surface area contributed by atoms with Gasteiger partial charge in [0.15, 0.2) is 0 Å². The number of amides is 1. The maximum absolute atomic E-state index is 11.9. The van der Waals surface area contributed by atoms with Crippen molar-refractivity contribution < 1.29 is 9.53 Å². The molecule has 4 nitrogen and oxygen atoms in total. The highest BCUT2D eigenvalue weighted by atomic mass is 79.9. The summed E-state index contributed by atoms with van der Waals surface area (Å²) in [5.74, 6) is 1.05. The van der Waals surface area contributed by atoms with E-state index < -0.39 is 0 Å². The first-order chi connectivity index (χ1) is 10.7. The van der Waals surface area contributed by atoms with Crippen LogP contribution >= 0.6 is 15.9 Å². The van der Waals surface area contributed by atoms with Crippen molar-refractivity contribution in [3.63, 3.8) is 0 Å². The molecule has 0 atom stereocenters. The second-order valence-corrected chi connectivity index (χ2v) is 5.49. The van der Waals surface area contributed by atoms with Gasteiger partial charge in [-0.05, 0) is 46.6 Å². The highest BCUT2D eigenvalue weighted by molar-refractivity contribution is 9.10. The molecule has 0 aliphatic carbocycles. The maximum Gasteiger partial charge on any atom is 0.249 e. The van der Waals surface area contributed by atoms with Crippen LogP contribution in [0.4, 0.5) is 5.82 Å². The zero-order chi connectivity index (χ0) is 15.8. The lowest BCUT2D eigenvalue weighted by atomic mass is 10.2. The molecule has 1 aromatic carbocycles. The van der Waals surface area contributed by atoms with Gasteiger partial charge in [-0.25, -0.2) is 4.98 Å². The number of pyridine rings is 1. The molecule has 2 rings (SSSR count). The van der Waals surface area contributed by atoms with Gasteiger partial charge in [-0.2, -0.15) is 0 Å². The predicted molar refractivity (Wildman–Crippen MR) is 91.8 cm³/mol. The molecule has 0 spiro atoms. The van der Waals surface area contributed by atoms with Gasteiger partial charge in [0, 0.05) is 22.3 Å². The summed E-state index contributed by atoms with van der Waals surface area (Å²) in [5.41, 5.74) is 0.870. The van der Waals surface area contributed by atoms with Gasteiger partial charge in [0.05, 0.1) is 6.61 Å². The summed E-state index contributed by atoms with van der Waals surface area (Å²) in [6.07, 6.45) is 5.78. The Balaban J connectivity index is 2.01. The van der Waals surface area contributed by atoms with E-state index >= 15 is 0 Å². The number of nitrogens with one attached hydrogen (secondary N) is 1. The molecule has 1 N–H and O–H groups in total. The number of halogens is 1. The second-order valence-electron chi connectivity index (χ2n) is 4.57. The molecule has 2 aromatic rings. The van der Waals surface area contributed by atoms with E-state index in [2.05, 4.69) is 33.2 Å². The van der Waals surface area contributed by atoms with Gasteiger partial charge in [-0.15, -0.1) is 0 Å². The fourth-order valence-corrected chi connectivity index (χ4v) is 1.98. The number of carbonyl (C=O) groups excluding carboxylic acids is 1. The smallest absolute Gasteiger partial charge is 0.249 e. The van der Waals surface area contributed by atoms with Gasteiger partial charge in [-0.3, -0.25) is 4.79 Å².